The van der Waals surface area contributed by atoms with Gasteiger partial charge in [0, 0.05) is 6.07 Å². The summed E-state index contributed by atoms with van der Waals surface area (Å²) in [5.74, 6) is 4.30. The lowest BCUT2D eigenvalue weighted by atomic mass is 10.1. The fraction of sp³-hybridized carbons (Fsp3) is 0.500. The van der Waals surface area contributed by atoms with E-state index >= 15 is 0 Å². The number of hydrogen-bond acceptors (Lipinski definition) is 1. The first kappa shape index (κ1) is 11.9. The first-order valence-electron chi connectivity index (χ1n) is 4.77. The Kier molecular flexibility index (Phi) is 2.60. The highest BCUT2D eigenvalue weighted by molar-refractivity contribution is 5.34. The van der Waals surface area contributed by atoms with Crippen molar-refractivity contribution in [1.82, 2.24) is 10.2 Å². The van der Waals surface area contributed by atoms with E-state index in [1.807, 2.05) is 0 Å². The molecule has 1 heterocycles. The lowest BCUT2D eigenvalue weighted by Gasteiger charge is -2.11. The second-order valence-electron chi connectivity index (χ2n) is 3.84. The molecule has 1 saturated carbocycles. The van der Waals surface area contributed by atoms with Gasteiger partial charge in [0.2, 0.25) is 0 Å². The number of alkyl halides is 5. The molecule has 17 heavy (non-hydrogen) atoms. The average molecular weight is 250 g/mol. The van der Waals surface area contributed by atoms with E-state index in [1.54, 1.807) is 0 Å². The molecule has 1 N–H and O–H groups in total. The topological polar surface area (TPSA) is 28.7 Å². The van der Waals surface area contributed by atoms with Gasteiger partial charge in [-0.2, -0.15) is 18.3 Å². The van der Waals surface area contributed by atoms with Gasteiger partial charge < -0.3 is 0 Å². The third-order valence-electron chi connectivity index (χ3n) is 2.55. The Labute approximate surface area is 93.2 Å². The summed E-state index contributed by atoms with van der Waals surface area (Å²) in [6.07, 6.45) is -7.22. The maximum Gasteiger partial charge on any atom is 0.405 e. The lowest BCUT2D eigenvalue weighted by molar-refractivity contribution is -0.168. The van der Waals surface area contributed by atoms with Crippen LogP contribution in [0.3, 0.4) is 0 Å². The molecule has 1 fully saturated rings. The molecule has 0 unspecified atom stereocenters. The molecule has 92 valence electrons. The van der Waals surface area contributed by atoms with Crippen molar-refractivity contribution in [2.24, 2.45) is 5.41 Å². The minimum Gasteiger partial charge on any atom is -0.269 e. The molecule has 2 rings (SSSR count). The number of aromatic nitrogens is 2. The van der Waals surface area contributed by atoms with Crippen molar-refractivity contribution in [1.29, 1.82) is 0 Å². The van der Waals surface area contributed by atoms with Gasteiger partial charge in [-0.05, 0) is 18.8 Å². The highest BCUT2D eigenvalue weighted by Crippen LogP contribution is 2.57. The van der Waals surface area contributed by atoms with Crippen molar-refractivity contribution >= 4 is 0 Å². The summed E-state index contributed by atoms with van der Waals surface area (Å²) in [4.78, 5) is 0. The minimum absolute atomic E-state index is 0.0316. The summed E-state index contributed by atoms with van der Waals surface area (Å²) in [6.45, 7) is 0. The predicted octanol–water partition coefficient (Wildman–Crippen LogP) is 3.04. The number of hydrogen-bond donors (Lipinski definition) is 1. The zero-order valence-electron chi connectivity index (χ0n) is 8.41. The summed E-state index contributed by atoms with van der Waals surface area (Å²) in [7, 11) is 0. The van der Waals surface area contributed by atoms with Gasteiger partial charge >= 0.3 is 6.18 Å². The molecule has 2 nitrogen and oxygen atoms in total. The van der Waals surface area contributed by atoms with Gasteiger partial charge in [-0.15, -0.1) is 0 Å². The van der Waals surface area contributed by atoms with E-state index in [0.717, 1.165) is 6.07 Å². The molecular weight excluding hydrogens is 243 g/mol. The highest BCUT2D eigenvalue weighted by Gasteiger charge is 2.62. The van der Waals surface area contributed by atoms with Crippen LogP contribution in [0, 0.1) is 17.3 Å². The van der Waals surface area contributed by atoms with E-state index in [0.29, 0.717) is 0 Å². The Balaban J connectivity index is 2.17. The molecule has 1 aromatic heterocycles. The summed E-state index contributed by atoms with van der Waals surface area (Å²) in [5, 5.41) is 5.41. The molecule has 0 amide bonds. The van der Waals surface area contributed by atoms with Crippen LogP contribution in [0.5, 0.6) is 0 Å². The molecule has 1 aromatic rings. The quantitative estimate of drug-likeness (QED) is 0.602. The first-order valence-corrected chi connectivity index (χ1v) is 4.77. The Hall–Kier alpha value is -1.58. The Bertz CT molecular complexity index is 473. The number of nitrogens with zero attached hydrogens (tertiary/aromatic N) is 1. The maximum atomic E-state index is 12.5. The zero-order chi connectivity index (χ0) is 12.7. The van der Waals surface area contributed by atoms with Gasteiger partial charge in [-0.3, -0.25) is 5.10 Å². The fourth-order valence-corrected chi connectivity index (χ4v) is 1.30. The van der Waals surface area contributed by atoms with Crippen molar-refractivity contribution in [2.75, 3.05) is 0 Å². The molecule has 0 spiro atoms. The summed E-state index contributed by atoms with van der Waals surface area (Å²) >= 11 is 0. The molecule has 0 aliphatic heterocycles. The van der Waals surface area contributed by atoms with Crippen LogP contribution in [0.1, 0.15) is 30.7 Å². The molecule has 0 aromatic carbocycles. The third-order valence-corrected chi connectivity index (χ3v) is 2.55. The van der Waals surface area contributed by atoms with Crippen LogP contribution < -0.4 is 0 Å². The largest absolute Gasteiger partial charge is 0.405 e. The van der Waals surface area contributed by atoms with E-state index in [-0.39, 0.29) is 18.5 Å². The van der Waals surface area contributed by atoms with Gasteiger partial charge in [0.05, 0.1) is 0 Å². The molecule has 1 aliphatic carbocycles. The standard InChI is InChI=1S/C10H7F5N2/c11-8(12)7-5-6(16-17-7)1-2-9(3-4-9)10(13,14)15/h5,8H,3-4H2,(H,16,17). The molecule has 1 aliphatic rings. The molecule has 0 radical (unpaired) electrons. The molecule has 0 bridgehead atoms. The molecule has 7 heteroatoms. The van der Waals surface area contributed by atoms with Crippen LogP contribution in [0.2, 0.25) is 0 Å². The van der Waals surface area contributed by atoms with Gasteiger partial charge in [0.15, 0.2) is 0 Å². The molecule has 0 atom stereocenters. The highest BCUT2D eigenvalue weighted by atomic mass is 19.4. The smallest absolute Gasteiger partial charge is 0.269 e. The van der Waals surface area contributed by atoms with Crippen molar-refractivity contribution in [3.8, 4) is 11.8 Å². The van der Waals surface area contributed by atoms with Crippen LogP contribution in [0.15, 0.2) is 6.07 Å². The van der Waals surface area contributed by atoms with Crippen molar-refractivity contribution < 1.29 is 22.0 Å². The van der Waals surface area contributed by atoms with E-state index in [1.165, 1.54) is 0 Å². The van der Waals surface area contributed by atoms with Crippen molar-refractivity contribution in [3.63, 3.8) is 0 Å². The van der Waals surface area contributed by atoms with Crippen molar-refractivity contribution in [2.45, 2.75) is 25.4 Å². The average Bonchev–Trinajstić information content (AvgIpc) is 2.86. The second kappa shape index (κ2) is 3.72. The summed E-state index contributed by atoms with van der Waals surface area (Å²) in [5.41, 5.74) is -2.51. The first-order chi connectivity index (χ1) is 7.84. The monoisotopic (exact) mass is 250 g/mol. The number of aromatic amines is 1. The molecular formula is C10H7F5N2. The normalized spacial score (nSPS) is 17.8. The molecule has 0 saturated heterocycles. The van der Waals surface area contributed by atoms with Crippen LogP contribution in [-0.2, 0) is 0 Å². The SMILES string of the molecule is FC(F)c1cc(C#CC2(C(F)(F)F)CC2)[nH]n1. The Morgan fingerprint density at radius 3 is 2.41 bits per heavy atom. The minimum atomic E-state index is -4.37. The Morgan fingerprint density at radius 1 is 1.35 bits per heavy atom. The summed E-state index contributed by atoms with van der Waals surface area (Å²) < 4.78 is 61.7. The number of H-pyrrole nitrogens is 1. The van der Waals surface area contributed by atoms with Crippen LogP contribution in [0.4, 0.5) is 22.0 Å². The van der Waals surface area contributed by atoms with Crippen molar-refractivity contribution in [3.05, 3.63) is 17.5 Å². The van der Waals surface area contributed by atoms with Crippen LogP contribution >= 0.6 is 0 Å². The zero-order valence-corrected chi connectivity index (χ0v) is 8.41. The third kappa shape index (κ3) is 2.25. The second-order valence-corrected chi connectivity index (χ2v) is 3.84. The predicted molar refractivity (Wildman–Crippen MR) is 48.1 cm³/mol. The maximum absolute atomic E-state index is 12.5. The number of nitrogens with one attached hydrogen (secondary N) is 1. The van der Waals surface area contributed by atoms with E-state index in [9.17, 15) is 22.0 Å². The van der Waals surface area contributed by atoms with E-state index in [2.05, 4.69) is 22.0 Å². The van der Waals surface area contributed by atoms with E-state index in [4.69, 9.17) is 0 Å². The van der Waals surface area contributed by atoms with Gasteiger partial charge in [-0.1, -0.05) is 5.92 Å². The summed E-state index contributed by atoms with van der Waals surface area (Å²) in [6, 6.07) is 0.949. The van der Waals surface area contributed by atoms with Gasteiger partial charge in [0.1, 0.15) is 16.8 Å². The van der Waals surface area contributed by atoms with Gasteiger partial charge in [-0.25, -0.2) is 8.78 Å². The van der Waals surface area contributed by atoms with Crippen LogP contribution in [0.25, 0.3) is 0 Å². The Morgan fingerprint density at radius 2 is 2.00 bits per heavy atom. The van der Waals surface area contributed by atoms with E-state index < -0.39 is 23.7 Å². The number of rotatable bonds is 1. The fourth-order valence-electron chi connectivity index (χ4n) is 1.30. The van der Waals surface area contributed by atoms with Crippen LogP contribution in [-0.4, -0.2) is 16.4 Å². The lowest BCUT2D eigenvalue weighted by Crippen LogP contribution is -2.22. The van der Waals surface area contributed by atoms with Gasteiger partial charge in [0.25, 0.3) is 6.43 Å². The number of halogens is 5.